The maximum Gasteiger partial charge on any atom is 0.253 e. The van der Waals surface area contributed by atoms with Crippen molar-refractivity contribution in [1.82, 2.24) is 19.6 Å². The molecule has 3 aromatic rings. The van der Waals surface area contributed by atoms with Crippen LogP contribution in [0.25, 0.3) is 0 Å². The molecule has 1 aliphatic heterocycles. The summed E-state index contributed by atoms with van der Waals surface area (Å²) < 4.78 is 6.94. The molecule has 8 heteroatoms. The third kappa shape index (κ3) is 4.53. The molecular weight excluding hydrogens is 370 g/mol. The molecule has 1 fully saturated rings. The lowest BCUT2D eigenvalue weighted by molar-refractivity contribution is -0.121. The second-order valence-corrected chi connectivity index (χ2v) is 7.31. The fraction of sp³-hybridized carbons (Fsp3) is 0.333. The van der Waals surface area contributed by atoms with Crippen LogP contribution in [0.1, 0.15) is 34.5 Å². The van der Waals surface area contributed by atoms with Crippen molar-refractivity contribution in [3.05, 3.63) is 65.9 Å². The first-order chi connectivity index (χ1) is 14.1. The van der Waals surface area contributed by atoms with E-state index in [2.05, 4.69) is 15.5 Å². The summed E-state index contributed by atoms with van der Waals surface area (Å²) in [6.45, 7) is 3.62. The smallest absolute Gasteiger partial charge is 0.253 e. The highest BCUT2D eigenvalue weighted by Crippen LogP contribution is 2.21. The number of piperidine rings is 1. The molecule has 0 bridgehead atoms. The van der Waals surface area contributed by atoms with Gasteiger partial charge in [-0.15, -0.1) is 0 Å². The van der Waals surface area contributed by atoms with Crippen molar-refractivity contribution < 1.29 is 14.1 Å². The number of aromatic nitrogens is 3. The van der Waals surface area contributed by atoms with Gasteiger partial charge in [0.2, 0.25) is 5.91 Å². The first-order valence-corrected chi connectivity index (χ1v) is 9.66. The number of nitrogens with one attached hydrogen (secondary N) is 1. The van der Waals surface area contributed by atoms with Gasteiger partial charge in [-0.25, -0.2) is 4.98 Å². The van der Waals surface area contributed by atoms with Gasteiger partial charge < -0.3 is 19.3 Å². The molecular formula is C21H23N5O3. The zero-order valence-corrected chi connectivity index (χ0v) is 16.2. The van der Waals surface area contributed by atoms with Crippen LogP contribution in [-0.2, 0) is 11.3 Å². The van der Waals surface area contributed by atoms with Gasteiger partial charge in [-0.05, 0) is 37.5 Å². The second-order valence-electron chi connectivity index (χ2n) is 7.31. The highest BCUT2D eigenvalue weighted by Gasteiger charge is 2.28. The normalized spacial score (nSPS) is 14.7. The van der Waals surface area contributed by atoms with E-state index >= 15 is 0 Å². The van der Waals surface area contributed by atoms with Crippen LogP contribution in [0.3, 0.4) is 0 Å². The highest BCUT2D eigenvalue weighted by molar-refractivity contribution is 5.95. The number of hydrogen-bond donors (Lipinski definition) is 1. The summed E-state index contributed by atoms with van der Waals surface area (Å²) in [7, 11) is 0. The van der Waals surface area contributed by atoms with Crippen molar-refractivity contribution in [1.29, 1.82) is 0 Å². The Morgan fingerprint density at radius 1 is 1.21 bits per heavy atom. The van der Waals surface area contributed by atoms with E-state index in [0.29, 0.717) is 43.1 Å². The van der Waals surface area contributed by atoms with Crippen LogP contribution in [0.15, 0.2) is 53.6 Å². The topological polar surface area (TPSA) is 93.3 Å². The molecule has 2 aromatic heterocycles. The van der Waals surface area contributed by atoms with E-state index in [1.807, 2.05) is 39.9 Å². The molecule has 4 rings (SSSR count). The fourth-order valence-electron chi connectivity index (χ4n) is 3.52. The van der Waals surface area contributed by atoms with E-state index in [1.165, 1.54) is 0 Å². The molecule has 8 nitrogen and oxygen atoms in total. The third-order valence-corrected chi connectivity index (χ3v) is 5.16. The molecule has 150 valence electrons. The molecule has 0 saturated carbocycles. The number of aryl methyl sites for hydroxylation is 1. The fourth-order valence-corrected chi connectivity index (χ4v) is 3.52. The van der Waals surface area contributed by atoms with Crippen LogP contribution < -0.4 is 5.32 Å². The predicted molar refractivity (Wildman–Crippen MR) is 106 cm³/mol. The number of rotatable bonds is 5. The Hall–Kier alpha value is -3.42. The van der Waals surface area contributed by atoms with Crippen molar-refractivity contribution in [3.63, 3.8) is 0 Å². The van der Waals surface area contributed by atoms with Gasteiger partial charge in [0.1, 0.15) is 5.76 Å². The van der Waals surface area contributed by atoms with Crippen molar-refractivity contribution in [2.24, 2.45) is 5.92 Å². The molecule has 29 heavy (non-hydrogen) atoms. The molecule has 3 heterocycles. The Labute approximate surface area is 168 Å². The van der Waals surface area contributed by atoms with Gasteiger partial charge in [0.15, 0.2) is 5.82 Å². The number of carbonyl (C=O) groups excluding carboxylic acids is 2. The van der Waals surface area contributed by atoms with E-state index in [-0.39, 0.29) is 17.7 Å². The quantitative estimate of drug-likeness (QED) is 0.719. The van der Waals surface area contributed by atoms with Crippen molar-refractivity contribution in [2.45, 2.75) is 26.3 Å². The van der Waals surface area contributed by atoms with Gasteiger partial charge in [-0.1, -0.05) is 17.3 Å². The SMILES string of the molecule is Cc1cc(NC(=O)C2CCN(C(=O)c3ccc(Cn4ccnc4)cc3)CC2)no1. The number of anilines is 1. The maximum atomic E-state index is 12.8. The Bertz CT molecular complexity index is 970. The van der Waals surface area contributed by atoms with Crippen molar-refractivity contribution >= 4 is 17.6 Å². The molecule has 1 N–H and O–H groups in total. The molecule has 1 saturated heterocycles. The molecule has 0 unspecified atom stereocenters. The second kappa shape index (κ2) is 8.30. The largest absolute Gasteiger partial charge is 0.360 e. The van der Waals surface area contributed by atoms with Crippen LogP contribution in [0.4, 0.5) is 5.82 Å². The first-order valence-electron chi connectivity index (χ1n) is 9.66. The Morgan fingerprint density at radius 3 is 2.59 bits per heavy atom. The maximum absolute atomic E-state index is 12.8. The van der Waals surface area contributed by atoms with E-state index < -0.39 is 0 Å². The summed E-state index contributed by atoms with van der Waals surface area (Å²) in [5.41, 5.74) is 1.78. The first kappa shape index (κ1) is 18.9. The molecule has 1 aliphatic rings. The van der Waals surface area contributed by atoms with E-state index in [4.69, 9.17) is 4.52 Å². The molecule has 0 radical (unpaired) electrons. The molecule has 1 aromatic carbocycles. The van der Waals surface area contributed by atoms with E-state index in [1.54, 1.807) is 25.5 Å². The van der Waals surface area contributed by atoms with E-state index in [0.717, 1.165) is 12.1 Å². The number of imidazole rings is 1. The van der Waals surface area contributed by atoms with Gasteiger partial charge in [0.05, 0.1) is 6.33 Å². The summed E-state index contributed by atoms with van der Waals surface area (Å²) in [4.78, 5) is 31.0. The predicted octanol–water partition coefficient (Wildman–Crippen LogP) is 2.72. The molecule has 0 aliphatic carbocycles. The van der Waals surface area contributed by atoms with Crippen LogP contribution in [-0.4, -0.2) is 44.5 Å². The van der Waals surface area contributed by atoms with Gasteiger partial charge in [0, 0.05) is 49.6 Å². The standard InChI is InChI=1S/C21H23N5O3/c1-15-12-19(24-29-15)23-20(27)17-6-9-26(10-7-17)21(28)18-4-2-16(3-5-18)13-25-11-8-22-14-25/h2-5,8,11-12,14,17H,6-7,9-10,13H2,1H3,(H,23,24,27). The monoisotopic (exact) mass is 393 g/mol. The van der Waals surface area contributed by atoms with Crippen LogP contribution in [0, 0.1) is 12.8 Å². The van der Waals surface area contributed by atoms with Crippen LogP contribution >= 0.6 is 0 Å². The summed E-state index contributed by atoms with van der Waals surface area (Å²) in [6.07, 6.45) is 6.68. The number of likely N-dealkylation sites (tertiary alicyclic amines) is 1. The zero-order chi connectivity index (χ0) is 20.2. The Kier molecular flexibility index (Phi) is 5.41. The zero-order valence-electron chi connectivity index (χ0n) is 16.2. The summed E-state index contributed by atoms with van der Waals surface area (Å²) in [5, 5.41) is 6.57. The number of amides is 2. The summed E-state index contributed by atoms with van der Waals surface area (Å²) >= 11 is 0. The van der Waals surface area contributed by atoms with Gasteiger partial charge in [-0.2, -0.15) is 0 Å². The van der Waals surface area contributed by atoms with Gasteiger partial charge in [-0.3, -0.25) is 9.59 Å². The third-order valence-electron chi connectivity index (χ3n) is 5.16. The lowest BCUT2D eigenvalue weighted by atomic mass is 9.95. The van der Waals surface area contributed by atoms with Crippen LogP contribution in [0.2, 0.25) is 0 Å². The number of hydrogen-bond acceptors (Lipinski definition) is 5. The number of benzene rings is 1. The summed E-state index contributed by atoms with van der Waals surface area (Å²) in [6, 6.07) is 9.34. The number of nitrogens with zero attached hydrogens (tertiary/aromatic N) is 4. The van der Waals surface area contributed by atoms with Crippen molar-refractivity contribution in [2.75, 3.05) is 18.4 Å². The van der Waals surface area contributed by atoms with Gasteiger partial charge in [0.25, 0.3) is 5.91 Å². The van der Waals surface area contributed by atoms with E-state index in [9.17, 15) is 9.59 Å². The van der Waals surface area contributed by atoms with Gasteiger partial charge >= 0.3 is 0 Å². The molecule has 0 spiro atoms. The average Bonchev–Trinajstić information content (AvgIpc) is 3.40. The van der Waals surface area contributed by atoms with Crippen LogP contribution in [0.5, 0.6) is 0 Å². The molecule has 0 atom stereocenters. The van der Waals surface area contributed by atoms with Crippen molar-refractivity contribution in [3.8, 4) is 0 Å². The average molecular weight is 393 g/mol. The summed E-state index contributed by atoms with van der Waals surface area (Å²) in [5.74, 6) is 0.881. The Morgan fingerprint density at radius 2 is 1.97 bits per heavy atom. The number of carbonyl (C=O) groups is 2. The minimum absolute atomic E-state index is 0.00478. The molecule has 2 amide bonds. The lowest BCUT2D eigenvalue weighted by Gasteiger charge is -2.31. The minimum Gasteiger partial charge on any atom is -0.360 e. The minimum atomic E-state index is -0.131. The highest BCUT2D eigenvalue weighted by atomic mass is 16.5. The Balaban J connectivity index is 1.30. The lowest BCUT2D eigenvalue weighted by Crippen LogP contribution is -2.41.